The van der Waals surface area contributed by atoms with Crippen LogP contribution in [-0.2, 0) is 4.74 Å². The van der Waals surface area contributed by atoms with E-state index in [2.05, 4.69) is 22.1 Å². The molecule has 0 radical (unpaired) electrons. The molecule has 0 saturated heterocycles. The van der Waals surface area contributed by atoms with Gasteiger partial charge in [-0.25, -0.2) is 9.78 Å². The van der Waals surface area contributed by atoms with Gasteiger partial charge in [-0.15, -0.1) is 0 Å². The molecule has 0 bridgehead atoms. The third-order valence-electron chi connectivity index (χ3n) is 3.77. The molecule has 1 aromatic carbocycles. The molecule has 24 heavy (non-hydrogen) atoms. The van der Waals surface area contributed by atoms with Crippen molar-refractivity contribution in [3.8, 4) is 5.95 Å². The van der Waals surface area contributed by atoms with E-state index in [9.17, 15) is 4.79 Å². The summed E-state index contributed by atoms with van der Waals surface area (Å²) in [6.45, 7) is 4.10. The van der Waals surface area contributed by atoms with Gasteiger partial charge in [-0.3, -0.25) is 4.57 Å². The Morgan fingerprint density at radius 1 is 1.29 bits per heavy atom. The molecular formula is C18H20N4O2. The number of para-hydroxylation sites is 1. The van der Waals surface area contributed by atoms with Crippen molar-refractivity contribution in [2.24, 2.45) is 0 Å². The number of carbonyl (C=O) groups excluding carboxylic acids is 1. The summed E-state index contributed by atoms with van der Waals surface area (Å²) in [4.78, 5) is 22.9. The minimum atomic E-state index is -0.415. The van der Waals surface area contributed by atoms with E-state index in [4.69, 9.17) is 4.74 Å². The van der Waals surface area contributed by atoms with Gasteiger partial charge in [0.1, 0.15) is 11.4 Å². The second-order valence-electron chi connectivity index (χ2n) is 5.70. The van der Waals surface area contributed by atoms with E-state index >= 15 is 0 Å². The van der Waals surface area contributed by atoms with Crippen LogP contribution in [0, 0.1) is 6.92 Å². The first-order chi connectivity index (χ1) is 11.5. The normalized spacial score (nSPS) is 10.8. The number of fused-ring (bicyclic) bond motifs is 1. The second-order valence-corrected chi connectivity index (χ2v) is 5.70. The highest BCUT2D eigenvalue weighted by atomic mass is 16.5. The molecule has 0 saturated carbocycles. The summed E-state index contributed by atoms with van der Waals surface area (Å²) in [6.07, 6.45) is 1.53. The number of esters is 1. The monoisotopic (exact) mass is 324 g/mol. The Kier molecular flexibility index (Phi) is 4.20. The third kappa shape index (κ3) is 2.71. The number of anilines is 1. The van der Waals surface area contributed by atoms with Crippen LogP contribution in [0.2, 0.25) is 0 Å². The van der Waals surface area contributed by atoms with Crippen LogP contribution in [0.25, 0.3) is 16.9 Å². The molecule has 3 rings (SSSR count). The molecule has 2 aromatic heterocycles. The van der Waals surface area contributed by atoms with Crippen molar-refractivity contribution in [1.82, 2.24) is 14.5 Å². The smallest absolute Gasteiger partial charge is 0.343 e. The minimum absolute atomic E-state index is 0.314. The Labute approximate surface area is 140 Å². The first-order valence-electron chi connectivity index (χ1n) is 7.82. The Morgan fingerprint density at radius 2 is 2.04 bits per heavy atom. The molecule has 0 aliphatic heterocycles. The van der Waals surface area contributed by atoms with Crippen LogP contribution in [0.4, 0.5) is 5.82 Å². The standard InChI is InChI=1S/C18H20N4O2/c1-5-24-17(23)14-11-19-18(20-16(14)21(3)4)22-12(2)10-13-8-6-7-9-15(13)22/h6-11H,5H2,1-4H3. The minimum Gasteiger partial charge on any atom is -0.462 e. The highest BCUT2D eigenvalue weighted by Crippen LogP contribution is 2.24. The van der Waals surface area contributed by atoms with E-state index in [1.807, 2.05) is 43.8 Å². The first kappa shape index (κ1) is 16.0. The van der Waals surface area contributed by atoms with Gasteiger partial charge < -0.3 is 9.64 Å². The number of nitrogens with zero attached hydrogens (tertiary/aromatic N) is 4. The second kappa shape index (κ2) is 6.31. The Morgan fingerprint density at radius 3 is 2.75 bits per heavy atom. The molecule has 6 nitrogen and oxygen atoms in total. The number of aryl methyl sites for hydroxylation is 1. The lowest BCUT2D eigenvalue weighted by Gasteiger charge is -2.17. The van der Waals surface area contributed by atoms with Crippen molar-refractivity contribution in [3.63, 3.8) is 0 Å². The van der Waals surface area contributed by atoms with Crippen LogP contribution >= 0.6 is 0 Å². The Balaban J connectivity index is 2.17. The average Bonchev–Trinajstić information content (AvgIpc) is 2.90. The number of ether oxygens (including phenoxy) is 1. The zero-order valence-electron chi connectivity index (χ0n) is 14.3. The fourth-order valence-electron chi connectivity index (χ4n) is 2.72. The maximum atomic E-state index is 12.1. The van der Waals surface area contributed by atoms with E-state index in [0.29, 0.717) is 23.9 Å². The maximum absolute atomic E-state index is 12.1. The van der Waals surface area contributed by atoms with Crippen molar-refractivity contribution in [2.45, 2.75) is 13.8 Å². The molecule has 0 atom stereocenters. The van der Waals surface area contributed by atoms with Gasteiger partial charge in [0.15, 0.2) is 0 Å². The lowest BCUT2D eigenvalue weighted by Crippen LogP contribution is -2.19. The third-order valence-corrected chi connectivity index (χ3v) is 3.77. The topological polar surface area (TPSA) is 60.2 Å². The first-order valence-corrected chi connectivity index (χ1v) is 7.82. The quantitative estimate of drug-likeness (QED) is 0.691. The molecule has 0 spiro atoms. The lowest BCUT2D eigenvalue weighted by atomic mass is 10.2. The van der Waals surface area contributed by atoms with Crippen molar-refractivity contribution in [3.05, 3.63) is 47.8 Å². The van der Waals surface area contributed by atoms with Gasteiger partial charge in [-0.1, -0.05) is 18.2 Å². The summed E-state index contributed by atoms with van der Waals surface area (Å²) in [7, 11) is 3.69. The van der Waals surface area contributed by atoms with Gasteiger partial charge in [0.25, 0.3) is 0 Å². The molecule has 124 valence electrons. The number of carbonyl (C=O) groups is 1. The van der Waals surface area contributed by atoms with E-state index in [1.165, 1.54) is 6.20 Å². The van der Waals surface area contributed by atoms with Crippen molar-refractivity contribution in [1.29, 1.82) is 0 Å². The SMILES string of the molecule is CCOC(=O)c1cnc(-n2c(C)cc3ccccc32)nc1N(C)C. The Hall–Kier alpha value is -2.89. The molecule has 3 aromatic rings. The van der Waals surface area contributed by atoms with E-state index in [0.717, 1.165) is 16.6 Å². The van der Waals surface area contributed by atoms with Gasteiger partial charge in [-0.2, -0.15) is 4.98 Å². The zero-order valence-corrected chi connectivity index (χ0v) is 14.3. The van der Waals surface area contributed by atoms with Crippen molar-refractivity contribution in [2.75, 3.05) is 25.6 Å². The molecule has 0 aliphatic rings. The lowest BCUT2D eigenvalue weighted by molar-refractivity contribution is 0.0526. The van der Waals surface area contributed by atoms with Crippen molar-refractivity contribution >= 4 is 22.7 Å². The predicted molar refractivity (Wildman–Crippen MR) is 93.9 cm³/mol. The van der Waals surface area contributed by atoms with Gasteiger partial charge in [0.05, 0.1) is 12.1 Å². The molecular weight excluding hydrogens is 304 g/mol. The summed E-state index contributed by atoms with van der Waals surface area (Å²) in [5.41, 5.74) is 2.42. The molecule has 0 amide bonds. The maximum Gasteiger partial charge on any atom is 0.343 e. The number of benzene rings is 1. The number of hydrogen-bond acceptors (Lipinski definition) is 5. The largest absolute Gasteiger partial charge is 0.462 e. The summed E-state index contributed by atoms with van der Waals surface area (Å²) in [6, 6.07) is 10.2. The van der Waals surface area contributed by atoms with E-state index in [1.54, 1.807) is 11.8 Å². The van der Waals surface area contributed by atoms with E-state index in [-0.39, 0.29) is 0 Å². The summed E-state index contributed by atoms with van der Waals surface area (Å²) >= 11 is 0. The molecule has 0 N–H and O–H groups in total. The number of rotatable bonds is 4. The van der Waals surface area contributed by atoms with Crippen LogP contribution in [0.5, 0.6) is 0 Å². The summed E-state index contributed by atoms with van der Waals surface area (Å²) in [5, 5.41) is 1.12. The highest BCUT2D eigenvalue weighted by Gasteiger charge is 2.19. The van der Waals surface area contributed by atoms with Gasteiger partial charge in [0, 0.05) is 31.4 Å². The van der Waals surface area contributed by atoms with E-state index < -0.39 is 5.97 Å². The van der Waals surface area contributed by atoms with Gasteiger partial charge in [0.2, 0.25) is 5.95 Å². The summed E-state index contributed by atoms with van der Waals surface area (Å²) < 4.78 is 7.07. The van der Waals surface area contributed by atoms with Crippen molar-refractivity contribution < 1.29 is 9.53 Å². The van der Waals surface area contributed by atoms with Crippen LogP contribution in [0.15, 0.2) is 36.5 Å². The average molecular weight is 324 g/mol. The van der Waals surface area contributed by atoms with Crippen LogP contribution in [-0.4, -0.2) is 41.2 Å². The molecule has 6 heteroatoms. The van der Waals surface area contributed by atoms with Gasteiger partial charge >= 0.3 is 5.97 Å². The molecule has 0 unspecified atom stereocenters. The fourth-order valence-corrected chi connectivity index (χ4v) is 2.72. The Bertz CT molecular complexity index is 899. The summed E-state index contributed by atoms with van der Waals surface area (Å²) in [5.74, 6) is 0.655. The zero-order chi connectivity index (χ0) is 17.3. The fraction of sp³-hybridized carbons (Fsp3) is 0.278. The number of aromatic nitrogens is 3. The molecule has 0 fully saturated rings. The molecule has 2 heterocycles. The van der Waals surface area contributed by atoms with Crippen LogP contribution in [0.3, 0.4) is 0 Å². The van der Waals surface area contributed by atoms with Crippen LogP contribution in [0.1, 0.15) is 23.0 Å². The highest BCUT2D eigenvalue weighted by molar-refractivity contribution is 5.94. The number of hydrogen-bond donors (Lipinski definition) is 0. The molecule has 0 aliphatic carbocycles. The van der Waals surface area contributed by atoms with Crippen LogP contribution < -0.4 is 4.90 Å². The van der Waals surface area contributed by atoms with Gasteiger partial charge in [-0.05, 0) is 26.0 Å². The predicted octanol–water partition coefficient (Wildman–Crippen LogP) is 2.97.